The molecule has 0 aliphatic heterocycles. The number of aliphatic hydroxyl groups is 1. The SMILES string of the molecule is OCCCCCC[N]C1CCCCC1. The minimum atomic E-state index is 0.347. The topological polar surface area (TPSA) is 34.3 Å². The van der Waals surface area contributed by atoms with Crippen molar-refractivity contribution in [3.05, 3.63) is 0 Å². The Bertz CT molecular complexity index is 121. The molecule has 14 heavy (non-hydrogen) atoms. The Hall–Kier alpha value is -0.0800. The minimum absolute atomic E-state index is 0.347. The number of rotatable bonds is 7. The van der Waals surface area contributed by atoms with Gasteiger partial charge in [-0.15, -0.1) is 0 Å². The second-order valence-corrected chi connectivity index (χ2v) is 4.34. The molecule has 2 nitrogen and oxygen atoms in total. The lowest BCUT2D eigenvalue weighted by atomic mass is 9.95. The van der Waals surface area contributed by atoms with E-state index in [2.05, 4.69) is 0 Å². The summed E-state index contributed by atoms with van der Waals surface area (Å²) in [5, 5.41) is 13.3. The molecule has 0 amide bonds. The van der Waals surface area contributed by atoms with E-state index >= 15 is 0 Å². The first-order valence-electron chi connectivity index (χ1n) is 6.21. The van der Waals surface area contributed by atoms with Gasteiger partial charge in [0.25, 0.3) is 0 Å². The summed E-state index contributed by atoms with van der Waals surface area (Å²) in [5.74, 6) is 0. The fourth-order valence-electron chi connectivity index (χ4n) is 2.11. The van der Waals surface area contributed by atoms with E-state index in [1.807, 2.05) is 0 Å². The number of nitrogens with zero attached hydrogens (tertiary/aromatic N) is 1. The van der Waals surface area contributed by atoms with Crippen LogP contribution in [0.2, 0.25) is 0 Å². The molecule has 1 fully saturated rings. The predicted octanol–water partition coefficient (Wildman–Crippen LogP) is 2.48. The van der Waals surface area contributed by atoms with Crippen molar-refractivity contribution in [3.63, 3.8) is 0 Å². The number of unbranched alkanes of at least 4 members (excludes halogenated alkanes) is 3. The summed E-state index contributed by atoms with van der Waals surface area (Å²) in [7, 11) is 0. The van der Waals surface area contributed by atoms with Gasteiger partial charge in [-0.05, 0) is 25.7 Å². The summed E-state index contributed by atoms with van der Waals surface area (Å²) < 4.78 is 0. The fourth-order valence-corrected chi connectivity index (χ4v) is 2.11. The second kappa shape index (κ2) is 8.25. The van der Waals surface area contributed by atoms with Crippen LogP contribution >= 0.6 is 0 Å². The van der Waals surface area contributed by atoms with Crippen LogP contribution in [0.1, 0.15) is 57.8 Å². The average molecular weight is 198 g/mol. The van der Waals surface area contributed by atoms with Gasteiger partial charge >= 0.3 is 0 Å². The zero-order valence-corrected chi connectivity index (χ0v) is 9.25. The van der Waals surface area contributed by atoms with Gasteiger partial charge in [-0.25, -0.2) is 5.32 Å². The Morgan fingerprint density at radius 2 is 1.64 bits per heavy atom. The monoisotopic (exact) mass is 198 g/mol. The molecule has 0 aromatic carbocycles. The molecule has 0 saturated heterocycles. The van der Waals surface area contributed by atoms with Crippen molar-refractivity contribution >= 4 is 0 Å². The van der Waals surface area contributed by atoms with Crippen LogP contribution in [0.5, 0.6) is 0 Å². The molecule has 1 saturated carbocycles. The van der Waals surface area contributed by atoms with Gasteiger partial charge in [0.1, 0.15) is 0 Å². The van der Waals surface area contributed by atoms with Gasteiger partial charge in [-0.2, -0.15) is 0 Å². The molecule has 0 aromatic heterocycles. The molecule has 0 atom stereocenters. The lowest BCUT2D eigenvalue weighted by Gasteiger charge is -2.21. The zero-order valence-electron chi connectivity index (χ0n) is 9.25. The van der Waals surface area contributed by atoms with Crippen LogP contribution in [0.3, 0.4) is 0 Å². The Morgan fingerprint density at radius 1 is 0.929 bits per heavy atom. The van der Waals surface area contributed by atoms with Crippen LogP contribution in [-0.2, 0) is 0 Å². The van der Waals surface area contributed by atoms with Crippen LogP contribution in [-0.4, -0.2) is 24.3 Å². The van der Waals surface area contributed by atoms with E-state index in [0.717, 1.165) is 19.4 Å². The first kappa shape index (κ1) is 12.0. The van der Waals surface area contributed by atoms with E-state index in [1.165, 1.54) is 44.9 Å². The third kappa shape index (κ3) is 5.61. The second-order valence-electron chi connectivity index (χ2n) is 4.34. The third-order valence-electron chi connectivity index (χ3n) is 3.03. The predicted molar refractivity (Wildman–Crippen MR) is 59.4 cm³/mol. The van der Waals surface area contributed by atoms with Gasteiger partial charge in [0, 0.05) is 19.2 Å². The number of hydrogen-bond acceptors (Lipinski definition) is 1. The fraction of sp³-hybridized carbons (Fsp3) is 1.00. The van der Waals surface area contributed by atoms with Gasteiger partial charge < -0.3 is 5.11 Å². The molecule has 2 heteroatoms. The maximum atomic E-state index is 8.60. The van der Waals surface area contributed by atoms with Gasteiger partial charge in [0.15, 0.2) is 0 Å². The standard InChI is InChI=1S/C12H24NO/c14-11-7-2-1-6-10-13-12-8-4-3-5-9-12/h12,14H,1-11H2. The normalized spacial score (nSPS) is 18.6. The summed E-state index contributed by atoms with van der Waals surface area (Å²) in [6.07, 6.45) is 11.4. The van der Waals surface area contributed by atoms with Crippen molar-refractivity contribution in [3.8, 4) is 0 Å². The van der Waals surface area contributed by atoms with E-state index in [-0.39, 0.29) is 0 Å². The highest BCUT2D eigenvalue weighted by Gasteiger charge is 2.12. The highest BCUT2D eigenvalue weighted by atomic mass is 16.2. The van der Waals surface area contributed by atoms with Gasteiger partial charge in [0.2, 0.25) is 0 Å². The molecule has 0 bridgehead atoms. The first-order chi connectivity index (χ1) is 6.93. The molecule has 1 aliphatic carbocycles. The van der Waals surface area contributed by atoms with E-state index < -0.39 is 0 Å². The quantitative estimate of drug-likeness (QED) is 0.627. The van der Waals surface area contributed by atoms with Crippen LogP contribution in [0, 0.1) is 0 Å². The molecule has 1 radical (unpaired) electrons. The summed E-state index contributed by atoms with van der Waals surface area (Å²) in [4.78, 5) is 0. The van der Waals surface area contributed by atoms with E-state index in [0.29, 0.717) is 12.6 Å². The van der Waals surface area contributed by atoms with Crippen molar-refractivity contribution in [2.45, 2.75) is 63.8 Å². The highest BCUT2D eigenvalue weighted by molar-refractivity contribution is 4.70. The number of hydrogen-bond donors (Lipinski definition) is 1. The molecule has 1 rings (SSSR count). The highest BCUT2D eigenvalue weighted by Crippen LogP contribution is 2.18. The maximum absolute atomic E-state index is 8.60. The lowest BCUT2D eigenvalue weighted by Crippen LogP contribution is -2.25. The summed E-state index contributed by atoms with van der Waals surface area (Å²) in [6.45, 7) is 1.40. The molecule has 83 valence electrons. The van der Waals surface area contributed by atoms with Gasteiger partial charge in [-0.1, -0.05) is 32.1 Å². The number of aliphatic hydroxyl groups excluding tert-OH is 1. The molecule has 0 spiro atoms. The third-order valence-corrected chi connectivity index (χ3v) is 3.03. The average Bonchev–Trinajstić information content (AvgIpc) is 2.25. The molecular formula is C12H24NO. The van der Waals surface area contributed by atoms with Gasteiger partial charge in [-0.3, -0.25) is 0 Å². The zero-order chi connectivity index (χ0) is 10.1. The van der Waals surface area contributed by atoms with E-state index in [4.69, 9.17) is 10.4 Å². The van der Waals surface area contributed by atoms with Crippen molar-refractivity contribution in [2.75, 3.05) is 13.2 Å². The molecule has 0 aromatic rings. The van der Waals surface area contributed by atoms with Crippen LogP contribution in [0.4, 0.5) is 0 Å². The first-order valence-corrected chi connectivity index (χ1v) is 6.21. The van der Waals surface area contributed by atoms with Crippen molar-refractivity contribution in [1.29, 1.82) is 0 Å². The minimum Gasteiger partial charge on any atom is -0.396 e. The van der Waals surface area contributed by atoms with Gasteiger partial charge in [0.05, 0.1) is 0 Å². The Kier molecular flexibility index (Phi) is 7.06. The molecular weight excluding hydrogens is 174 g/mol. The molecule has 1 aliphatic rings. The smallest absolute Gasteiger partial charge is 0.0431 e. The van der Waals surface area contributed by atoms with Crippen molar-refractivity contribution in [2.24, 2.45) is 0 Å². The largest absolute Gasteiger partial charge is 0.396 e. The summed E-state index contributed by atoms with van der Waals surface area (Å²) in [5.41, 5.74) is 0. The van der Waals surface area contributed by atoms with Crippen molar-refractivity contribution in [1.82, 2.24) is 5.32 Å². The molecule has 0 unspecified atom stereocenters. The van der Waals surface area contributed by atoms with Crippen LogP contribution in [0.25, 0.3) is 0 Å². The van der Waals surface area contributed by atoms with Crippen LogP contribution in [0.15, 0.2) is 0 Å². The lowest BCUT2D eigenvalue weighted by molar-refractivity contribution is 0.282. The Morgan fingerprint density at radius 3 is 2.36 bits per heavy atom. The Labute approximate surface area is 88.1 Å². The molecule has 1 N–H and O–H groups in total. The van der Waals surface area contributed by atoms with Crippen LogP contribution < -0.4 is 5.32 Å². The van der Waals surface area contributed by atoms with E-state index in [9.17, 15) is 0 Å². The summed E-state index contributed by atoms with van der Waals surface area (Å²) in [6, 6.07) is 0.682. The van der Waals surface area contributed by atoms with E-state index in [1.54, 1.807) is 0 Å². The Balaban J connectivity index is 1.82. The molecule has 0 heterocycles. The maximum Gasteiger partial charge on any atom is 0.0431 e. The summed E-state index contributed by atoms with van der Waals surface area (Å²) >= 11 is 0. The van der Waals surface area contributed by atoms with Crippen molar-refractivity contribution < 1.29 is 5.11 Å².